The van der Waals surface area contributed by atoms with Gasteiger partial charge in [0, 0.05) is 45.5 Å². The van der Waals surface area contributed by atoms with Gasteiger partial charge in [-0.15, -0.1) is 0 Å². The van der Waals surface area contributed by atoms with Gasteiger partial charge in [0.05, 0.1) is 24.5 Å². The minimum Gasteiger partial charge on any atom is -0.463 e. The van der Waals surface area contributed by atoms with Crippen LogP contribution in [-0.2, 0) is 9.53 Å². The molecule has 2 aromatic carbocycles. The van der Waals surface area contributed by atoms with Crippen molar-refractivity contribution < 1.29 is 28.3 Å². The zero-order valence-corrected chi connectivity index (χ0v) is 22.5. The molecule has 40 heavy (non-hydrogen) atoms. The van der Waals surface area contributed by atoms with E-state index in [-0.39, 0.29) is 18.5 Å². The molecule has 0 spiro atoms. The highest BCUT2D eigenvalue weighted by Gasteiger charge is 2.38. The summed E-state index contributed by atoms with van der Waals surface area (Å²) >= 11 is 0. The van der Waals surface area contributed by atoms with Crippen LogP contribution in [0.3, 0.4) is 0 Å². The minimum atomic E-state index is -0.723. The SMILES string of the molecule is CCOC(=O)C1=C(CN2CCN(C(=O)c3ccco3)CC2)N(C)C(=O)N[C@@H]1c1cccc(Oc2ccccc2)c1. The number of nitrogens with one attached hydrogen (secondary N) is 1. The number of piperazine rings is 1. The van der Waals surface area contributed by atoms with Crippen molar-refractivity contribution in [2.24, 2.45) is 0 Å². The average molecular weight is 545 g/mol. The molecule has 2 aliphatic rings. The first-order valence-electron chi connectivity index (χ1n) is 13.3. The number of amides is 3. The number of ether oxygens (including phenoxy) is 2. The van der Waals surface area contributed by atoms with Gasteiger partial charge in [0.1, 0.15) is 11.5 Å². The summed E-state index contributed by atoms with van der Waals surface area (Å²) in [6.45, 7) is 4.45. The first-order chi connectivity index (χ1) is 19.4. The van der Waals surface area contributed by atoms with Gasteiger partial charge in [0.2, 0.25) is 0 Å². The van der Waals surface area contributed by atoms with Crippen molar-refractivity contribution in [2.45, 2.75) is 13.0 Å². The van der Waals surface area contributed by atoms with Crippen LogP contribution in [0.2, 0.25) is 0 Å². The summed E-state index contributed by atoms with van der Waals surface area (Å²) in [4.78, 5) is 44.5. The molecule has 1 N–H and O–H groups in total. The highest BCUT2D eigenvalue weighted by Crippen LogP contribution is 2.34. The molecule has 0 radical (unpaired) electrons. The van der Waals surface area contributed by atoms with Crippen molar-refractivity contribution in [1.82, 2.24) is 20.0 Å². The summed E-state index contributed by atoms with van der Waals surface area (Å²) in [5, 5.41) is 2.96. The first-order valence-corrected chi connectivity index (χ1v) is 13.3. The smallest absolute Gasteiger partial charge is 0.338 e. The van der Waals surface area contributed by atoms with Gasteiger partial charge in [-0.1, -0.05) is 30.3 Å². The van der Waals surface area contributed by atoms with Crippen LogP contribution in [0, 0.1) is 0 Å². The average Bonchev–Trinajstić information content (AvgIpc) is 3.51. The molecular formula is C30H32N4O6. The quantitative estimate of drug-likeness (QED) is 0.427. The molecule has 5 rings (SSSR count). The molecular weight excluding hydrogens is 512 g/mol. The summed E-state index contributed by atoms with van der Waals surface area (Å²) in [5.41, 5.74) is 1.63. The van der Waals surface area contributed by atoms with Gasteiger partial charge in [-0.2, -0.15) is 0 Å². The number of urea groups is 1. The predicted molar refractivity (Wildman–Crippen MR) is 147 cm³/mol. The summed E-state index contributed by atoms with van der Waals surface area (Å²) < 4.78 is 16.7. The molecule has 2 aliphatic heterocycles. The highest BCUT2D eigenvalue weighted by molar-refractivity contribution is 5.95. The lowest BCUT2D eigenvalue weighted by molar-refractivity contribution is -0.139. The molecule has 1 aromatic heterocycles. The maximum absolute atomic E-state index is 13.4. The summed E-state index contributed by atoms with van der Waals surface area (Å²) in [5.74, 6) is 0.932. The van der Waals surface area contributed by atoms with E-state index >= 15 is 0 Å². The molecule has 0 bridgehead atoms. The monoisotopic (exact) mass is 544 g/mol. The molecule has 1 atom stereocenters. The Hall–Kier alpha value is -4.57. The number of likely N-dealkylation sites (N-methyl/N-ethyl adjacent to an activating group) is 1. The van der Waals surface area contributed by atoms with E-state index in [1.54, 1.807) is 31.0 Å². The zero-order valence-electron chi connectivity index (χ0n) is 22.5. The second kappa shape index (κ2) is 12.1. The van der Waals surface area contributed by atoms with Crippen molar-refractivity contribution in [3.8, 4) is 11.5 Å². The van der Waals surface area contributed by atoms with Gasteiger partial charge >= 0.3 is 12.0 Å². The summed E-state index contributed by atoms with van der Waals surface area (Å²) in [6.07, 6.45) is 1.48. The largest absolute Gasteiger partial charge is 0.463 e. The molecule has 1 fully saturated rings. The Morgan fingerprint density at radius 3 is 2.42 bits per heavy atom. The Balaban J connectivity index is 1.40. The first kappa shape index (κ1) is 27.0. The molecule has 0 saturated carbocycles. The van der Waals surface area contributed by atoms with Gasteiger partial charge in [0.15, 0.2) is 5.76 Å². The van der Waals surface area contributed by atoms with Gasteiger partial charge in [0.25, 0.3) is 5.91 Å². The fraction of sp³-hybridized carbons (Fsp3) is 0.300. The number of nitrogens with zero attached hydrogens (tertiary/aromatic N) is 3. The fourth-order valence-electron chi connectivity index (χ4n) is 4.91. The van der Waals surface area contributed by atoms with E-state index in [4.69, 9.17) is 13.9 Å². The number of para-hydroxylation sites is 1. The second-order valence-corrected chi connectivity index (χ2v) is 9.56. The third kappa shape index (κ3) is 5.86. The predicted octanol–water partition coefficient (Wildman–Crippen LogP) is 4.04. The number of esters is 1. The normalized spacial score (nSPS) is 17.9. The van der Waals surface area contributed by atoms with Gasteiger partial charge in [-0.05, 0) is 48.9 Å². The van der Waals surface area contributed by atoms with Crippen LogP contribution in [0.1, 0.15) is 29.1 Å². The van der Waals surface area contributed by atoms with E-state index < -0.39 is 12.0 Å². The second-order valence-electron chi connectivity index (χ2n) is 9.56. The van der Waals surface area contributed by atoms with E-state index in [9.17, 15) is 14.4 Å². The lowest BCUT2D eigenvalue weighted by Gasteiger charge is -2.39. The fourth-order valence-corrected chi connectivity index (χ4v) is 4.91. The minimum absolute atomic E-state index is 0.150. The lowest BCUT2D eigenvalue weighted by atomic mass is 9.94. The van der Waals surface area contributed by atoms with Crippen LogP contribution in [0.25, 0.3) is 0 Å². The van der Waals surface area contributed by atoms with Crippen molar-refractivity contribution in [3.63, 3.8) is 0 Å². The number of hydrogen-bond acceptors (Lipinski definition) is 7. The standard InChI is InChI=1S/C30H32N4O6/c1-3-38-29(36)26-24(20-33-14-16-34(17-15-33)28(35)25-13-8-18-39-25)32(2)30(37)31-27(26)21-9-7-12-23(19-21)40-22-10-5-4-6-11-22/h4-13,18-19,27H,3,14-17,20H2,1-2H3,(H,31,37)/t27-/m1/s1. The van der Waals surface area contributed by atoms with E-state index in [1.165, 1.54) is 11.2 Å². The molecule has 3 amide bonds. The van der Waals surface area contributed by atoms with E-state index in [1.807, 2.05) is 54.6 Å². The molecule has 1 saturated heterocycles. The molecule has 208 valence electrons. The van der Waals surface area contributed by atoms with E-state index in [2.05, 4.69) is 10.2 Å². The van der Waals surface area contributed by atoms with Crippen LogP contribution in [-0.4, -0.2) is 79.0 Å². The Kier molecular flexibility index (Phi) is 8.16. The third-order valence-electron chi connectivity index (χ3n) is 7.01. The Morgan fingerprint density at radius 1 is 0.975 bits per heavy atom. The molecule has 3 aromatic rings. The number of carbonyl (C=O) groups is 3. The summed E-state index contributed by atoms with van der Waals surface area (Å²) in [6, 6.07) is 19.0. The van der Waals surface area contributed by atoms with E-state index in [0.29, 0.717) is 66.8 Å². The zero-order chi connectivity index (χ0) is 28.1. The third-order valence-corrected chi connectivity index (χ3v) is 7.01. The van der Waals surface area contributed by atoms with Gasteiger partial charge in [-0.3, -0.25) is 14.6 Å². The van der Waals surface area contributed by atoms with Crippen LogP contribution in [0.4, 0.5) is 4.79 Å². The molecule has 3 heterocycles. The highest BCUT2D eigenvalue weighted by atomic mass is 16.5. The Bertz CT molecular complexity index is 1380. The number of carbonyl (C=O) groups excluding carboxylic acids is 3. The van der Waals surface area contributed by atoms with Crippen molar-refractivity contribution >= 4 is 17.9 Å². The van der Waals surface area contributed by atoms with Gasteiger partial charge in [-0.25, -0.2) is 9.59 Å². The summed E-state index contributed by atoms with van der Waals surface area (Å²) in [7, 11) is 1.64. The molecule has 0 unspecified atom stereocenters. The van der Waals surface area contributed by atoms with Gasteiger partial charge < -0.3 is 24.1 Å². The van der Waals surface area contributed by atoms with Crippen molar-refractivity contribution in [2.75, 3.05) is 46.4 Å². The number of rotatable bonds is 8. The number of benzene rings is 2. The molecule has 10 heteroatoms. The van der Waals surface area contributed by atoms with E-state index in [0.717, 1.165) is 0 Å². The molecule has 0 aliphatic carbocycles. The maximum Gasteiger partial charge on any atom is 0.338 e. The van der Waals surface area contributed by atoms with Crippen LogP contribution >= 0.6 is 0 Å². The van der Waals surface area contributed by atoms with Crippen LogP contribution < -0.4 is 10.1 Å². The topological polar surface area (TPSA) is 105 Å². The number of furan rings is 1. The Labute approximate surface area is 232 Å². The number of hydrogen-bond donors (Lipinski definition) is 1. The lowest BCUT2D eigenvalue weighted by Crippen LogP contribution is -2.53. The van der Waals surface area contributed by atoms with Crippen LogP contribution in [0.5, 0.6) is 11.5 Å². The molecule has 10 nitrogen and oxygen atoms in total. The van der Waals surface area contributed by atoms with Crippen molar-refractivity contribution in [1.29, 1.82) is 0 Å². The van der Waals surface area contributed by atoms with Crippen molar-refractivity contribution in [3.05, 3.63) is 95.6 Å². The maximum atomic E-state index is 13.4. The Morgan fingerprint density at radius 2 is 1.73 bits per heavy atom. The van der Waals surface area contributed by atoms with Crippen LogP contribution in [0.15, 0.2) is 88.7 Å².